The van der Waals surface area contributed by atoms with Crippen molar-refractivity contribution < 1.29 is 19.4 Å². The molecule has 1 fully saturated rings. The van der Waals surface area contributed by atoms with Gasteiger partial charge in [0.1, 0.15) is 6.10 Å². The smallest absolute Gasteiger partial charge is 0.414 e. The third kappa shape index (κ3) is 3.65. The molecule has 3 N–H and O–H groups in total. The Bertz CT molecular complexity index is 1170. The van der Waals surface area contributed by atoms with Gasteiger partial charge < -0.3 is 15.2 Å². The molecule has 0 bridgehead atoms. The summed E-state index contributed by atoms with van der Waals surface area (Å²) in [6.45, 7) is 2.15. The number of ether oxygens (including phenoxy) is 1. The Morgan fingerprint density at radius 1 is 1.39 bits per heavy atom. The average Bonchev–Trinajstić information content (AvgIpc) is 3.42. The topological polar surface area (TPSA) is 108 Å². The molecule has 1 aliphatic carbocycles. The van der Waals surface area contributed by atoms with Gasteiger partial charge in [0, 0.05) is 40.7 Å². The van der Waals surface area contributed by atoms with Gasteiger partial charge in [-0.15, -0.1) is 11.3 Å². The number of cyclic esters (lactones) is 1. The summed E-state index contributed by atoms with van der Waals surface area (Å²) in [6, 6.07) is 7.74. The molecule has 5 rings (SSSR count). The Labute approximate surface area is 182 Å². The summed E-state index contributed by atoms with van der Waals surface area (Å²) in [7, 11) is 0. The monoisotopic (exact) mass is 438 g/mol. The van der Waals surface area contributed by atoms with Crippen molar-refractivity contribution in [3.8, 4) is 27.6 Å². The van der Waals surface area contributed by atoms with Crippen LogP contribution in [0.4, 0.5) is 10.5 Å². The van der Waals surface area contributed by atoms with E-state index in [0.717, 1.165) is 58.6 Å². The van der Waals surface area contributed by atoms with Crippen molar-refractivity contribution in [1.29, 1.82) is 0 Å². The van der Waals surface area contributed by atoms with Crippen molar-refractivity contribution in [3.63, 3.8) is 0 Å². The standard InChI is InChI=1S/C22H22N4O4S/c1-12(27)23-9-16-10-26(22(29)30-16)15-5-6-17-13(7-15)3-2-4-18-20(24-25-21(17)18)14-8-19(28)31-11-14/h5-8,11,16,28H,2-4,9-10H2,1H3,(H,23,27)(H,24,25)/t16-/m0/s1. The zero-order valence-electron chi connectivity index (χ0n) is 17.0. The number of rotatable bonds is 4. The number of aromatic hydroxyl groups is 1. The largest absolute Gasteiger partial charge is 0.499 e. The molecule has 2 amide bonds. The maximum Gasteiger partial charge on any atom is 0.414 e. The lowest BCUT2D eigenvalue weighted by Crippen LogP contribution is -2.33. The highest BCUT2D eigenvalue weighted by molar-refractivity contribution is 7.12. The van der Waals surface area contributed by atoms with E-state index in [4.69, 9.17) is 4.74 Å². The first-order valence-corrected chi connectivity index (χ1v) is 11.1. The fraction of sp³-hybridized carbons (Fsp3) is 0.318. The molecule has 1 atom stereocenters. The van der Waals surface area contributed by atoms with E-state index in [9.17, 15) is 14.7 Å². The van der Waals surface area contributed by atoms with E-state index in [0.29, 0.717) is 13.1 Å². The molecule has 2 aliphatic rings. The minimum absolute atomic E-state index is 0.146. The highest BCUT2D eigenvalue weighted by atomic mass is 32.1. The van der Waals surface area contributed by atoms with Gasteiger partial charge in [-0.1, -0.05) is 6.07 Å². The van der Waals surface area contributed by atoms with E-state index in [-0.39, 0.29) is 17.1 Å². The van der Waals surface area contributed by atoms with Crippen LogP contribution in [-0.2, 0) is 22.4 Å². The Kier molecular flexibility index (Phi) is 4.90. The quantitative estimate of drug-likeness (QED) is 0.578. The first-order valence-electron chi connectivity index (χ1n) is 10.2. The number of anilines is 1. The number of nitrogens with one attached hydrogen (secondary N) is 2. The molecular formula is C22H22N4O4S. The Morgan fingerprint density at radius 2 is 2.26 bits per heavy atom. The van der Waals surface area contributed by atoms with Crippen LogP contribution in [0.1, 0.15) is 24.5 Å². The van der Waals surface area contributed by atoms with Gasteiger partial charge in [0.25, 0.3) is 0 Å². The number of aromatic amines is 1. The third-order valence-electron chi connectivity index (χ3n) is 5.72. The minimum Gasteiger partial charge on any atom is -0.499 e. The predicted octanol–water partition coefficient (Wildman–Crippen LogP) is 3.46. The van der Waals surface area contributed by atoms with Crippen molar-refractivity contribution in [2.75, 3.05) is 18.0 Å². The molecule has 1 aliphatic heterocycles. The van der Waals surface area contributed by atoms with Crippen LogP contribution in [0.5, 0.6) is 5.06 Å². The van der Waals surface area contributed by atoms with Crippen LogP contribution in [0.3, 0.4) is 0 Å². The highest BCUT2D eigenvalue weighted by Crippen LogP contribution is 2.39. The van der Waals surface area contributed by atoms with Crippen molar-refractivity contribution >= 4 is 29.0 Å². The Hall–Kier alpha value is -3.33. The zero-order chi connectivity index (χ0) is 21.5. The van der Waals surface area contributed by atoms with Gasteiger partial charge in [-0.3, -0.25) is 14.8 Å². The van der Waals surface area contributed by atoms with Gasteiger partial charge in [-0.2, -0.15) is 5.10 Å². The van der Waals surface area contributed by atoms with Gasteiger partial charge in [0.15, 0.2) is 5.06 Å². The lowest BCUT2D eigenvalue weighted by molar-refractivity contribution is -0.119. The molecule has 31 heavy (non-hydrogen) atoms. The summed E-state index contributed by atoms with van der Waals surface area (Å²) in [5, 5.41) is 22.3. The molecule has 8 nitrogen and oxygen atoms in total. The molecule has 0 spiro atoms. The lowest BCUT2D eigenvalue weighted by Gasteiger charge is -2.16. The van der Waals surface area contributed by atoms with Crippen LogP contribution >= 0.6 is 11.3 Å². The number of nitrogens with zero attached hydrogens (tertiary/aromatic N) is 2. The molecular weight excluding hydrogens is 416 g/mol. The van der Waals surface area contributed by atoms with Crippen LogP contribution in [0.15, 0.2) is 29.6 Å². The number of hydrogen-bond donors (Lipinski definition) is 3. The SMILES string of the molecule is CC(=O)NC[C@H]1CN(c2ccc3c(c2)CCCc2c(-c4csc(O)c4)n[nH]c2-3)C(=O)O1. The third-order valence-corrected chi connectivity index (χ3v) is 6.45. The number of carbonyl (C=O) groups is 2. The number of thiophene rings is 1. The van der Waals surface area contributed by atoms with E-state index in [1.165, 1.54) is 18.3 Å². The molecule has 3 heterocycles. The normalized spacial score (nSPS) is 17.6. The van der Waals surface area contributed by atoms with E-state index in [1.807, 2.05) is 23.6 Å². The molecule has 9 heteroatoms. The van der Waals surface area contributed by atoms with Gasteiger partial charge >= 0.3 is 6.09 Å². The second kappa shape index (κ2) is 7.73. The van der Waals surface area contributed by atoms with E-state index < -0.39 is 6.09 Å². The Morgan fingerprint density at radius 3 is 3.03 bits per heavy atom. The highest BCUT2D eigenvalue weighted by Gasteiger charge is 2.33. The van der Waals surface area contributed by atoms with Crippen LogP contribution in [0.25, 0.3) is 22.5 Å². The molecule has 160 valence electrons. The number of benzene rings is 1. The van der Waals surface area contributed by atoms with E-state index in [1.54, 1.807) is 11.0 Å². The van der Waals surface area contributed by atoms with Gasteiger partial charge in [-0.25, -0.2) is 4.79 Å². The van der Waals surface area contributed by atoms with Gasteiger partial charge in [0.2, 0.25) is 5.91 Å². The number of aryl methyl sites for hydroxylation is 1. The van der Waals surface area contributed by atoms with Crippen molar-refractivity contribution in [2.45, 2.75) is 32.3 Å². The summed E-state index contributed by atoms with van der Waals surface area (Å²) in [4.78, 5) is 25.1. The second-order valence-corrected chi connectivity index (χ2v) is 8.74. The van der Waals surface area contributed by atoms with Crippen molar-refractivity contribution in [2.24, 2.45) is 0 Å². The number of amides is 2. The van der Waals surface area contributed by atoms with Gasteiger partial charge in [0.05, 0.1) is 24.5 Å². The summed E-state index contributed by atoms with van der Waals surface area (Å²) >= 11 is 1.29. The predicted molar refractivity (Wildman–Crippen MR) is 117 cm³/mol. The van der Waals surface area contributed by atoms with Crippen LogP contribution in [-0.4, -0.2) is 46.5 Å². The van der Waals surface area contributed by atoms with Crippen molar-refractivity contribution in [1.82, 2.24) is 15.5 Å². The first-order chi connectivity index (χ1) is 15.0. The minimum atomic E-state index is -0.397. The first kappa shape index (κ1) is 19.6. The summed E-state index contributed by atoms with van der Waals surface area (Å²) in [6.07, 6.45) is 1.97. The molecule has 2 aromatic heterocycles. The number of fused-ring (bicyclic) bond motifs is 3. The van der Waals surface area contributed by atoms with Gasteiger partial charge in [-0.05, 0) is 37.0 Å². The summed E-state index contributed by atoms with van der Waals surface area (Å²) < 4.78 is 5.39. The summed E-state index contributed by atoms with van der Waals surface area (Å²) in [5.74, 6) is -0.146. The lowest BCUT2D eigenvalue weighted by atomic mass is 10.00. The molecule has 0 unspecified atom stereocenters. The molecule has 0 radical (unpaired) electrons. The van der Waals surface area contributed by atoms with Crippen LogP contribution in [0, 0.1) is 0 Å². The second-order valence-electron chi connectivity index (χ2n) is 7.85. The zero-order valence-corrected chi connectivity index (χ0v) is 17.8. The number of H-pyrrole nitrogens is 1. The van der Waals surface area contributed by atoms with Crippen LogP contribution in [0.2, 0.25) is 0 Å². The molecule has 3 aromatic rings. The number of hydrogen-bond acceptors (Lipinski definition) is 6. The summed E-state index contributed by atoms with van der Waals surface area (Å²) in [5.41, 5.74) is 6.97. The fourth-order valence-corrected chi connectivity index (χ4v) is 4.89. The van der Waals surface area contributed by atoms with Crippen LogP contribution < -0.4 is 10.2 Å². The number of aromatic nitrogens is 2. The van der Waals surface area contributed by atoms with E-state index >= 15 is 0 Å². The average molecular weight is 439 g/mol. The fourth-order valence-electron chi connectivity index (χ4n) is 4.27. The molecule has 0 saturated carbocycles. The molecule has 1 saturated heterocycles. The molecule has 1 aromatic carbocycles. The van der Waals surface area contributed by atoms with E-state index in [2.05, 4.69) is 15.5 Å². The Balaban J connectivity index is 1.43. The maximum atomic E-state index is 12.4. The number of carbonyl (C=O) groups excluding carboxylic acids is 2. The van der Waals surface area contributed by atoms with Crippen molar-refractivity contribution in [3.05, 3.63) is 40.8 Å². The maximum absolute atomic E-state index is 12.4.